The largest absolute Gasteiger partial charge is 0.380 e. The first-order chi connectivity index (χ1) is 7.34. The molecule has 1 aliphatic carbocycles. The zero-order valence-electron chi connectivity index (χ0n) is 10.4. The maximum Gasteiger partial charge on any atom is 0.0590 e. The van der Waals surface area contributed by atoms with Gasteiger partial charge in [-0.05, 0) is 32.1 Å². The lowest BCUT2D eigenvalue weighted by atomic mass is 10.2. The summed E-state index contributed by atoms with van der Waals surface area (Å²) in [6.07, 6.45) is 8.05. The first kappa shape index (κ1) is 13.0. The van der Waals surface area contributed by atoms with Crippen LogP contribution < -0.4 is 5.32 Å². The zero-order valence-corrected chi connectivity index (χ0v) is 10.4. The van der Waals surface area contributed by atoms with Crippen molar-refractivity contribution in [2.45, 2.75) is 58.4 Å². The van der Waals surface area contributed by atoms with Gasteiger partial charge in [0.15, 0.2) is 0 Å². The zero-order chi connectivity index (χ0) is 10.9. The third-order valence-corrected chi connectivity index (χ3v) is 3.18. The molecule has 0 bridgehead atoms. The Morgan fingerprint density at radius 2 is 2.00 bits per heavy atom. The molecule has 1 N–H and O–H groups in total. The average Bonchev–Trinajstić information content (AvgIpc) is 3.05. The molecule has 0 heterocycles. The van der Waals surface area contributed by atoms with Crippen molar-refractivity contribution in [3.05, 3.63) is 0 Å². The van der Waals surface area contributed by atoms with Crippen LogP contribution in [0.5, 0.6) is 0 Å². The number of rotatable bonds is 10. The molecule has 0 radical (unpaired) electrons. The Morgan fingerprint density at radius 1 is 1.20 bits per heavy atom. The third-order valence-electron chi connectivity index (χ3n) is 3.18. The molecule has 0 saturated heterocycles. The number of nitrogens with one attached hydrogen (secondary N) is 1. The lowest BCUT2D eigenvalue weighted by Crippen LogP contribution is -2.31. The highest BCUT2D eigenvalue weighted by molar-refractivity contribution is 4.82. The Kier molecular flexibility index (Phi) is 7.03. The van der Waals surface area contributed by atoms with Crippen molar-refractivity contribution in [2.75, 3.05) is 19.8 Å². The van der Waals surface area contributed by atoms with Crippen molar-refractivity contribution in [1.82, 2.24) is 5.32 Å². The number of ether oxygens (including phenoxy) is 1. The second kappa shape index (κ2) is 8.12. The van der Waals surface area contributed by atoms with Gasteiger partial charge in [-0.3, -0.25) is 0 Å². The van der Waals surface area contributed by atoms with Crippen molar-refractivity contribution >= 4 is 0 Å². The summed E-state index contributed by atoms with van der Waals surface area (Å²) in [7, 11) is 0. The Morgan fingerprint density at radius 3 is 2.67 bits per heavy atom. The van der Waals surface area contributed by atoms with E-state index in [4.69, 9.17) is 4.74 Å². The number of unbranched alkanes of at least 4 members (excludes halogenated alkanes) is 3. The van der Waals surface area contributed by atoms with Gasteiger partial charge in [0.2, 0.25) is 0 Å². The van der Waals surface area contributed by atoms with E-state index < -0.39 is 0 Å². The lowest BCUT2D eigenvalue weighted by Gasteiger charge is -2.12. The smallest absolute Gasteiger partial charge is 0.0590 e. The number of hydrogen-bond donors (Lipinski definition) is 1. The molecule has 1 aliphatic rings. The minimum atomic E-state index is 0.702. The van der Waals surface area contributed by atoms with E-state index >= 15 is 0 Å². The lowest BCUT2D eigenvalue weighted by molar-refractivity contribution is 0.129. The van der Waals surface area contributed by atoms with Crippen LogP contribution in [0.15, 0.2) is 0 Å². The summed E-state index contributed by atoms with van der Waals surface area (Å²) in [5, 5.41) is 3.52. The summed E-state index contributed by atoms with van der Waals surface area (Å²) in [6, 6.07) is 0.702. The van der Waals surface area contributed by atoms with E-state index in [9.17, 15) is 0 Å². The van der Waals surface area contributed by atoms with Crippen molar-refractivity contribution in [2.24, 2.45) is 5.92 Å². The van der Waals surface area contributed by atoms with Gasteiger partial charge in [0.25, 0.3) is 0 Å². The molecule has 0 spiro atoms. The fourth-order valence-electron chi connectivity index (χ4n) is 1.85. The van der Waals surface area contributed by atoms with E-state index in [1.807, 2.05) is 0 Å². The van der Waals surface area contributed by atoms with Gasteiger partial charge in [0, 0.05) is 19.2 Å². The van der Waals surface area contributed by atoms with Gasteiger partial charge in [-0.1, -0.05) is 26.2 Å². The van der Waals surface area contributed by atoms with E-state index in [0.717, 1.165) is 25.7 Å². The van der Waals surface area contributed by atoms with Crippen LogP contribution in [-0.4, -0.2) is 25.8 Å². The highest BCUT2D eigenvalue weighted by atomic mass is 16.5. The molecule has 1 atom stereocenters. The molecule has 1 fully saturated rings. The first-order valence-electron chi connectivity index (χ1n) is 6.65. The molecule has 90 valence electrons. The first-order valence-corrected chi connectivity index (χ1v) is 6.65. The van der Waals surface area contributed by atoms with Crippen LogP contribution >= 0.6 is 0 Å². The summed E-state index contributed by atoms with van der Waals surface area (Å²) >= 11 is 0. The maximum absolute atomic E-state index is 5.57. The van der Waals surface area contributed by atoms with Gasteiger partial charge >= 0.3 is 0 Å². The van der Waals surface area contributed by atoms with Gasteiger partial charge in [-0.25, -0.2) is 0 Å². The van der Waals surface area contributed by atoms with E-state index in [1.165, 1.54) is 38.5 Å². The molecule has 0 aromatic rings. The SMILES string of the molecule is CCCCCCOCCNC(C)C1CC1. The van der Waals surface area contributed by atoms with Gasteiger partial charge in [-0.15, -0.1) is 0 Å². The van der Waals surface area contributed by atoms with Crippen LogP contribution in [0.3, 0.4) is 0 Å². The Bertz CT molecular complexity index is 145. The van der Waals surface area contributed by atoms with Gasteiger partial charge in [0.05, 0.1) is 6.61 Å². The molecule has 1 saturated carbocycles. The highest BCUT2D eigenvalue weighted by Crippen LogP contribution is 2.32. The molecule has 2 heteroatoms. The minimum Gasteiger partial charge on any atom is -0.380 e. The summed E-state index contributed by atoms with van der Waals surface area (Å²) in [5.41, 5.74) is 0. The average molecular weight is 213 g/mol. The van der Waals surface area contributed by atoms with E-state index in [1.54, 1.807) is 0 Å². The molecular weight excluding hydrogens is 186 g/mol. The Hall–Kier alpha value is -0.0800. The second-order valence-corrected chi connectivity index (χ2v) is 4.75. The standard InChI is InChI=1S/C13H27NO/c1-3-4-5-6-10-15-11-9-14-12(2)13-7-8-13/h12-14H,3-11H2,1-2H3. The number of hydrogen-bond acceptors (Lipinski definition) is 2. The van der Waals surface area contributed by atoms with E-state index in [-0.39, 0.29) is 0 Å². The maximum atomic E-state index is 5.57. The highest BCUT2D eigenvalue weighted by Gasteiger charge is 2.26. The Balaban J connectivity index is 1.72. The van der Waals surface area contributed by atoms with E-state index in [0.29, 0.717) is 6.04 Å². The summed E-state index contributed by atoms with van der Waals surface area (Å²) in [4.78, 5) is 0. The van der Waals surface area contributed by atoms with Crippen LogP contribution in [-0.2, 0) is 4.74 Å². The predicted octanol–water partition coefficient (Wildman–Crippen LogP) is 2.97. The summed E-state index contributed by atoms with van der Waals surface area (Å²) in [6.45, 7) is 7.37. The minimum absolute atomic E-state index is 0.702. The fourth-order valence-corrected chi connectivity index (χ4v) is 1.85. The van der Waals surface area contributed by atoms with Crippen LogP contribution in [0.4, 0.5) is 0 Å². The molecule has 15 heavy (non-hydrogen) atoms. The molecule has 1 rings (SSSR count). The quantitative estimate of drug-likeness (QED) is 0.563. The van der Waals surface area contributed by atoms with Crippen LogP contribution in [0.1, 0.15) is 52.4 Å². The Labute approximate surface area is 94.8 Å². The molecule has 0 aromatic heterocycles. The molecule has 2 nitrogen and oxygen atoms in total. The molecular formula is C13H27NO. The van der Waals surface area contributed by atoms with Gasteiger partial charge in [0.1, 0.15) is 0 Å². The van der Waals surface area contributed by atoms with Crippen molar-refractivity contribution in [3.63, 3.8) is 0 Å². The molecule has 0 aromatic carbocycles. The van der Waals surface area contributed by atoms with Crippen LogP contribution in [0.25, 0.3) is 0 Å². The molecule has 0 amide bonds. The topological polar surface area (TPSA) is 21.3 Å². The normalized spacial score (nSPS) is 18.0. The van der Waals surface area contributed by atoms with Crippen LogP contribution in [0.2, 0.25) is 0 Å². The van der Waals surface area contributed by atoms with Gasteiger partial charge in [-0.2, -0.15) is 0 Å². The van der Waals surface area contributed by atoms with Crippen molar-refractivity contribution in [1.29, 1.82) is 0 Å². The predicted molar refractivity (Wildman–Crippen MR) is 65.1 cm³/mol. The monoisotopic (exact) mass is 213 g/mol. The summed E-state index contributed by atoms with van der Waals surface area (Å²) in [5.74, 6) is 0.953. The third kappa shape index (κ3) is 6.91. The second-order valence-electron chi connectivity index (χ2n) is 4.75. The fraction of sp³-hybridized carbons (Fsp3) is 1.00. The van der Waals surface area contributed by atoms with Crippen LogP contribution in [0, 0.1) is 5.92 Å². The van der Waals surface area contributed by atoms with E-state index in [2.05, 4.69) is 19.2 Å². The van der Waals surface area contributed by atoms with Crippen molar-refractivity contribution in [3.8, 4) is 0 Å². The summed E-state index contributed by atoms with van der Waals surface area (Å²) < 4.78 is 5.57. The van der Waals surface area contributed by atoms with Gasteiger partial charge < -0.3 is 10.1 Å². The van der Waals surface area contributed by atoms with Crippen molar-refractivity contribution < 1.29 is 4.74 Å². The molecule has 1 unspecified atom stereocenters. The molecule has 0 aliphatic heterocycles.